The lowest BCUT2D eigenvalue weighted by atomic mass is 9.79. The molecule has 1 aromatic rings. The lowest BCUT2D eigenvalue weighted by molar-refractivity contribution is -0.119. The maximum absolute atomic E-state index is 10.7. The molecule has 5 nitrogen and oxygen atoms in total. The molecule has 0 spiro atoms. The highest BCUT2D eigenvalue weighted by atomic mass is 16.7. The Labute approximate surface area is 150 Å². The van der Waals surface area contributed by atoms with Gasteiger partial charge in [0.05, 0.1) is 17.8 Å². The Morgan fingerprint density at radius 3 is 2.20 bits per heavy atom. The number of nitrogens with zero attached hydrogens (tertiary/aromatic N) is 1. The van der Waals surface area contributed by atoms with Crippen molar-refractivity contribution in [3.8, 4) is 5.75 Å². The van der Waals surface area contributed by atoms with Gasteiger partial charge in [-0.1, -0.05) is 12.1 Å². The number of hydrogen-bond acceptors (Lipinski definition) is 4. The quantitative estimate of drug-likeness (QED) is 0.607. The summed E-state index contributed by atoms with van der Waals surface area (Å²) in [6, 6.07) is 7.96. The number of likely N-dealkylation sites (tertiary alicyclic amines) is 1. The number of benzene rings is 1. The fourth-order valence-corrected chi connectivity index (χ4v) is 3.14. The van der Waals surface area contributed by atoms with Gasteiger partial charge in [0.25, 0.3) is 0 Å². The molecule has 0 saturated carbocycles. The zero-order valence-electron chi connectivity index (χ0n) is 15.7. The fraction of sp³-hybridized carbons (Fsp3) is 0.632. The Morgan fingerprint density at radius 1 is 1.12 bits per heavy atom. The molecule has 2 aliphatic rings. The second-order valence-electron chi connectivity index (χ2n) is 8.05. The molecule has 0 aromatic heterocycles. The molecule has 2 fully saturated rings. The Balaban J connectivity index is 1.52. The van der Waals surface area contributed by atoms with Crippen molar-refractivity contribution in [1.82, 2.24) is 4.90 Å². The van der Waals surface area contributed by atoms with Crippen LogP contribution in [0, 0.1) is 5.92 Å². The zero-order chi connectivity index (χ0) is 18.1. The summed E-state index contributed by atoms with van der Waals surface area (Å²) in [6.07, 6.45) is 2.95. The molecule has 0 aliphatic carbocycles. The Hall–Kier alpha value is -1.53. The first-order valence-electron chi connectivity index (χ1n) is 9.08. The highest BCUT2D eigenvalue weighted by Gasteiger charge is 2.51. The van der Waals surface area contributed by atoms with Gasteiger partial charge in [-0.05, 0) is 64.1 Å². The van der Waals surface area contributed by atoms with Gasteiger partial charge in [-0.25, -0.2) is 0 Å². The molecule has 6 heteroatoms. The van der Waals surface area contributed by atoms with Gasteiger partial charge in [0.15, 0.2) is 0 Å². The van der Waals surface area contributed by atoms with Crippen LogP contribution < -0.4 is 10.2 Å². The molecule has 2 heterocycles. The summed E-state index contributed by atoms with van der Waals surface area (Å²) in [7, 11) is -0.341. The monoisotopic (exact) mass is 345 g/mol. The van der Waals surface area contributed by atoms with Crippen LogP contribution in [0.3, 0.4) is 0 Å². The Kier molecular flexibility index (Phi) is 5.12. The van der Waals surface area contributed by atoms with E-state index in [0.29, 0.717) is 12.5 Å². The summed E-state index contributed by atoms with van der Waals surface area (Å²) in [6.45, 7) is 10.6. The van der Waals surface area contributed by atoms with Crippen molar-refractivity contribution in [3.63, 3.8) is 0 Å². The van der Waals surface area contributed by atoms with E-state index in [1.807, 2.05) is 29.2 Å². The maximum Gasteiger partial charge on any atom is 0.494 e. The van der Waals surface area contributed by atoms with E-state index >= 15 is 0 Å². The number of piperidine rings is 1. The van der Waals surface area contributed by atoms with E-state index in [1.54, 1.807) is 0 Å². The van der Waals surface area contributed by atoms with Crippen molar-refractivity contribution >= 4 is 19.0 Å². The van der Waals surface area contributed by atoms with Crippen molar-refractivity contribution in [2.75, 3.05) is 19.7 Å². The summed E-state index contributed by atoms with van der Waals surface area (Å²) in [5, 5.41) is 0. The lowest BCUT2D eigenvalue weighted by Gasteiger charge is -2.32. The molecule has 0 N–H and O–H groups in total. The summed E-state index contributed by atoms with van der Waals surface area (Å²) in [4.78, 5) is 12.6. The molecule has 1 aromatic carbocycles. The van der Waals surface area contributed by atoms with E-state index in [0.717, 1.165) is 43.6 Å². The molecule has 25 heavy (non-hydrogen) atoms. The molecule has 0 bridgehead atoms. The van der Waals surface area contributed by atoms with E-state index in [9.17, 15) is 4.79 Å². The zero-order valence-corrected chi connectivity index (χ0v) is 15.7. The third kappa shape index (κ3) is 4.01. The Bertz CT molecular complexity index is 578. The average Bonchev–Trinajstić information content (AvgIpc) is 2.82. The molecule has 3 rings (SSSR count). The van der Waals surface area contributed by atoms with Gasteiger partial charge in [-0.3, -0.25) is 4.79 Å². The smallest absolute Gasteiger partial charge is 0.493 e. The predicted molar refractivity (Wildman–Crippen MR) is 98.0 cm³/mol. The van der Waals surface area contributed by atoms with Crippen molar-refractivity contribution in [1.29, 1.82) is 0 Å². The standard InChI is InChI=1S/C19H28BNO4/c1-18(2)19(3,4)25-20(24-18)16-5-7-17(8-6-16)23-13-15-9-11-21(14-22)12-10-15/h5-8,14-15H,9-13H2,1-4H3. The normalized spacial score (nSPS) is 22.9. The van der Waals surface area contributed by atoms with Crippen LogP contribution in [0.5, 0.6) is 5.75 Å². The van der Waals surface area contributed by atoms with Gasteiger partial charge in [-0.15, -0.1) is 0 Å². The highest BCUT2D eigenvalue weighted by Crippen LogP contribution is 2.36. The van der Waals surface area contributed by atoms with E-state index < -0.39 is 0 Å². The summed E-state index contributed by atoms with van der Waals surface area (Å²) in [5.74, 6) is 1.37. The molecular formula is C19H28BNO4. The number of carbonyl (C=O) groups excluding carboxylic acids is 1. The first-order chi connectivity index (χ1) is 11.8. The van der Waals surface area contributed by atoms with E-state index in [-0.39, 0.29) is 18.3 Å². The van der Waals surface area contributed by atoms with Crippen molar-refractivity contribution in [3.05, 3.63) is 24.3 Å². The highest BCUT2D eigenvalue weighted by molar-refractivity contribution is 6.62. The molecule has 2 aliphatic heterocycles. The summed E-state index contributed by atoms with van der Waals surface area (Å²) in [5.41, 5.74) is 0.345. The van der Waals surface area contributed by atoms with Gasteiger partial charge in [-0.2, -0.15) is 0 Å². The summed E-state index contributed by atoms with van der Waals surface area (Å²) < 4.78 is 18.1. The third-order valence-corrected chi connectivity index (χ3v) is 5.69. The van der Waals surface area contributed by atoms with Crippen molar-refractivity contribution in [2.24, 2.45) is 5.92 Å². The van der Waals surface area contributed by atoms with Crippen LogP contribution in [0.15, 0.2) is 24.3 Å². The van der Waals surface area contributed by atoms with Gasteiger partial charge in [0.1, 0.15) is 5.75 Å². The van der Waals surface area contributed by atoms with Gasteiger partial charge in [0.2, 0.25) is 6.41 Å². The van der Waals surface area contributed by atoms with Crippen LogP contribution in [0.1, 0.15) is 40.5 Å². The molecule has 136 valence electrons. The first-order valence-corrected chi connectivity index (χ1v) is 9.08. The van der Waals surface area contributed by atoms with Crippen LogP contribution >= 0.6 is 0 Å². The van der Waals surface area contributed by atoms with E-state index in [1.165, 1.54) is 0 Å². The number of carbonyl (C=O) groups is 1. The molecule has 0 radical (unpaired) electrons. The van der Waals surface area contributed by atoms with E-state index in [4.69, 9.17) is 14.0 Å². The minimum absolute atomic E-state index is 0.330. The van der Waals surface area contributed by atoms with Crippen LogP contribution in [0.25, 0.3) is 0 Å². The van der Waals surface area contributed by atoms with Crippen molar-refractivity contribution in [2.45, 2.75) is 51.7 Å². The lowest BCUT2D eigenvalue weighted by Crippen LogP contribution is -2.41. The maximum atomic E-state index is 10.7. The van der Waals surface area contributed by atoms with Gasteiger partial charge in [0, 0.05) is 13.1 Å². The van der Waals surface area contributed by atoms with Gasteiger partial charge < -0.3 is 18.9 Å². The average molecular weight is 345 g/mol. The number of hydrogen-bond donors (Lipinski definition) is 0. The minimum atomic E-state index is -0.341. The van der Waals surface area contributed by atoms with Crippen LogP contribution in [-0.4, -0.2) is 49.3 Å². The molecule has 0 atom stereocenters. The summed E-state index contributed by atoms with van der Waals surface area (Å²) >= 11 is 0. The molecule has 0 unspecified atom stereocenters. The third-order valence-electron chi connectivity index (χ3n) is 5.69. The minimum Gasteiger partial charge on any atom is -0.493 e. The SMILES string of the molecule is CC1(C)OB(c2ccc(OCC3CCN(C=O)CC3)cc2)OC1(C)C. The number of ether oxygens (including phenoxy) is 1. The Morgan fingerprint density at radius 2 is 1.68 bits per heavy atom. The molecule has 1 amide bonds. The number of amides is 1. The topological polar surface area (TPSA) is 48.0 Å². The van der Waals surface area contributed by atoms with E-state index in [2.05, 4.69) is 27.7 Å². The fourth-order valence-electron chi connectivity index (χ4n) is 3.14. The number of rotatable bonds is 5. The van der Waals surface area contributed by atoms with Crippen molar-refractivity contribution < 1.29 is 18.8 Å². The van der Waals surface area contributed by atoms with Crippen LogP contribution in [0.2, 0.25) is 0 Å². The van der Waals surface area contributed by atoms with Crippen LogP contribution in [-0.2, 0) is 14.1 Å². The molecule has 2 saturated heterocycles. The van der Waals surface area contributed by atoms with Gasteiger partial charge >= 0.3 is 7.12 Å². The first kappa shape index (κ1) is 18.3. The molecular weight excluding hydrogens is 317 g/mol. The second-order valence-corrected chi connectivity index (χ2v) is 8.05. The predicted octanol–water partition coefficient (Wildman–Crippen LogP) is 2.23. The largest absolute Gasteiger partial charge is 0.494 e. The van der Waals surface area contributed by atoms with Crippen LogP contribution in [0.4, 0.5) is 0 Å². The second kappa shape index (κ2) is 7.00.